The van der Waals surface area contributed by atoms with Crippen LogP contribution in [-0.2, 0) is 45.1 Å². The van der Waals surface area contributed by atoms with E-state index in [4.69, 9.17) is 20.4 Å². The zero-order chi connectivity index (χ0) is 41.0. The van der Waals surface area contributed by atoms with Crippen molar-refractivity contribution in [2.75, 3.05) is 7.11 Å². The van der Waals surface area contributed by atoms with Gasteiger partial charge in [0.15, 0.2) is 0 Å². The van der Waals surface area contributed by atoms with Crippen LogP contribution in [0.5, 0.6) is 5.75 Å². The second-order valence-corrected chi connectivity index (χ2v) is 12.9. The number of rotatable bonds is 11. The minimum atomic E-state index is -1.45. The number of methoxy groups -OCH3 is 1. The molecule has 19 nitrogen and oxygen atoms in total. The van der Waals surface area contributed by atoms with Gasteiger partial charge in [-0.25, -0.2) is 0 Å². The molecule has 2 atom stereocenters. The lowest BCUT2D eigenvalue weighted by molar-refractivity contribution is -0.122. The smallest absolute Gasteiger partial charge is 0.298 e. The molecule has 0 aliphatic heterocycles. The van der Waals surface area contributed by atoms with Crippen molar-refractivity contribution in [3.8, 4) is 5.75 Å². The number of imidazole rings is 2. The van der Waals surface area contributed by atoms with Gasteiger partial charge in [-0.1, -0.05) is 12.1 Å². The number of carbonyl (C=O) groups excluding carboxylic acids is 3. The van der Waals surface area contributed by atoms with E-state index < -0.39 is 29.9 Å². The fourth-order valence-corrected chi connectivity index (χ4v) is 6.63. The Morgan fingerprint density at radius 1 is 0.804 bits per heavy atom. The number of nitrogens with zero attached hydrogens (tertiary/aromatic N) is 10. The van der Waals surface area contributed by atoms with E-state index in [1.807, 2.05) is 38.1 Å². The number of aliphatic hydroxyl groups excluding tert-OH is 2. The summed E-state index contributed by atoms with van der Waals surface area (Å²) in [6, 6.07) is 13.7. The fourth-order valence-electron chi connectivity index (χ4n) is 6.63. The van der Waals surface area contributed by atoms with Gasteiger partial charge in [-0.15, -0.1) is 0 Å². The van der Waals surface area contributed by atoms with Crippen molar-refractivity contribution in [2.24, 2.45) is 29.8 Å². The van der Waals surface area contributed by atoms with Crippen molar-refractivity contribution in [1.29, 1.82) is 0 Å². The van der Waals surface area contributed by atoms with Gasteiger partial charge >= 0.3 is 0 Å². The van der Waals surface area contributed by atoms with Gasteiger partial charge in [0.1, 0.15) is 22.7 Å². The number of ether oxygens (including phenoxy) is 1. The second-order valence-electron chi connectivity index (χ2n) is 12.9. The van der Waals surface area contributed by atoms with Crippen LogP contribution >= 0.6 is 0 Å². The summed E-state index contributed by atoms with van der Waals surface area (Å²) in [5.41, 5.74) is 10.3. The van der Waals surface area contributed by atoms with Crippen LogP contribution < -0.4 is 21.7 Å². The zero-order valence-electron chi connectivity index (χ0n) is 32.1. The molecule has 6 aromatic rings. The van der Waals surface area contributed by atoms with Crippen LogP contribution in [0.1, 0.15) is 56.6 Å². The highest BCUT2D eigenvalue weighted by molar-refractivity contribution is 5.99. The maximum Gasteiger partial charge on any atom is 0.298 e. The first-order chi connectivity index (χ1) is 26.7. The number of benzene rings is 2. The molecule has 4 heterocycles. The second kappa shape index (κ2) is 16.8. The molecule has 5 N–H and O–H groups in total. The molecule has 0 saturated carbocycles. The number of fused-ring (bicyclic) bond motifs is 2. The van der Waals surface area contributed by atoms with E-state index >= 15 is 0 Å². The molecule has 2 aromatic carbocycles. The van der Waals surface area contributed by atoms with Gasteiger partial charge in [0.2, 0.25) is 17.1 Å². The summed E-state index contributed by atoms with van der Waals surface area (Å²) >= 11 is 0. The first kappa shape index (κ1) is 40.6. The van der Waals surface area contributed by atoms with Crippen molar-refractivity contribution in [3.63, 3.8) is 0 Å². The predicted molar refractivity (Wildman–Crippen MR) is 203 cm³/mol. The zero-order valence-corrected chi connectivity index (χ0v) is 32.1. The highest BCUT2D eigenvalue weighted by Crippen LogP contribution is 2.28. The summed E-state index contributed by atoms with van der Waals surface area (Å²) in [4.78, 5) is 56.7. The average molecular weight is 772 g/mol. The number of primary amides is 1. The number of hydrogen-bond acceptors (Lipinski definition) is 9. The Morgan fingerprint density at radius 2 is 1.27 bits per heavy atom. The van der Waals surface area contributed by atoms with E-state index in [1.165, 1.54) is 13.2 Å². The molecule has 0 saturated heterocycles. The molecule has 3 amide bonds. The third kappa shape index (κ3) is 7.80. The van der Waals surface area contributed by atoms with Crippen LogP contribution in [0.15, 0.2) is 58.5 Å². The molecule has 0 aliphatic rings. The molecule has 0 radical (unpaired) electrons. The first-order valence-electron chi connectivity index (χ1n) is 17.6. The number of aryl methyl sites for hydroxylation is 6. The number of carboxylic acid groups (broad SMARTS) is 1. The maximum atomic E-state index is 13.7. The monoisotopic (exact) mass is 771 g/mol. The Kier molecular flexibility index (Phi) is 12.2. The summed E-state index contributed by atoms with van der Waals surface area (Å²) in [7, 11) is 4.85. The van der Waals surface area contributed by atoms with Crippen molar-refractivity contribution >= 4 is 46.3 Å². The Labute approximate surface area is 319 Å². The number of nitrogens with two attached hydrogens (primary N) is 1. The number of aliphatic hydroxyl groups is 2. The molecule has 2 unspecified atom stereocenters. The number of hydrogen-bond donors (Lipinski definition) is 4. The van der Waals surface area contributed by atoms with Crippen LogP contribution in [-0.4, -0.2) is 96.7 Å². The molecule has 6 rings (SSSR count). The summed E-state index contributed by atoms with van der Waals surface area (Å²) in [6.45, 7) is 7.57. The fraction of sp³-hybridized carbons (Fsp3) is 0.351. The molecule has 0 spiro atoms. The van der Waals surface area contributed by atoms with Crippen LogP contribution in [0.3, 0.4) is 0 Å². The minimum absolute atomic E-state index is 0.111. The van der Waals surface area contributed by atoms with E-state index in [1.54, 1.807) is 73.8 Å². The molecule has 0 aliphatic carbocycles. The van der Waals surface area contributed by atoms with Crippen LogP contribution in [0.25, 0.3) is 22.1 Å². The number of aromatic nitrogens is 8. The van der Waals surface area contributed by atoms with Gasteiger partial charge in [-0.05, 0) is 64.1 Å². The molecular weight excluding hydrogens is 726 g/mol. The van der Waals surface area contributed by atoms with E-state index in [0.29, 0.717) is 46.7 Å². The highest BCUT2D eigenvalue weighted by Gasteiger charge is 2.26. The van der Waals surface area contributed by atoms with E-state index in [0.717, 1.165) is 5.52 Å². The Hall–Kier alpha value is -6.60. The van der Waals surface area contributed by atoms with E-state index in [2.05, 4.69) is 20.2 Å². The van der Waals surface area contributed by atoms with Gasteiger partial charge in [0.05, 0.1) is 60.3 Å². The van der Waals surface area contributed by atoms with Gasteiger partial charge in [-0.2, -0.15) is 20.2 Å². The molecule has 0 bridgehead atoms. The lowest BCUT2D eigenvalue weighted by Gasteiger charge is -2.20. The highest BCUT2D eigenvalue weighted by atomic mass is 16.5. The molecular formula is C37H45N11O8. The molecule has 19 heteroatoms. The Balaban J connectivity index is 0.00000194. The third-order valence-corrected chi connectivity index (χ3v) is 9.24. The summed E-state index contributed by atoms with van der Waals surface area (Å²) < 4.78 is 15.4. The largest absolute Gasteiger partial charge is 0.494 e. The maximum absolute atomic E-state index is 13.7. The third-order valence-electron chi connectivity index (χ3n) is 9.24. The quantitative estimate of drug-likeness (QED) is 0.136. The van der Waals surface area contributed by atoms with Crippen molar-refractivity contribution in [3.05, 3.63) is 88.1 Å². The number of carbonyl (C=O) groups is 4. The predicted octanol–water partition coefficient (Wildman–Crippen LogP) is 1.04. The molecule has 296 valence electrons. The van der Waals surface area contributed by atoms with Gasteiger partial charge in [-0.3, -0.25) is 28.5 Å². The van der Waals surface area contributed by atoms with Crippen molar-refractivity contribution < 1.29 is 39.2 Å². The normalized spacial score (nSPS) is 13.2. The average Bonchev–Trinajstić information content (AvgIpc) is 3.90. The van der Waals surface area contributed by atoms with E-state index in [-0.39, 0.29) is 47.8 Å². The lowest BCUT2D eigenvalue weighted by Crippen LogP contribution is -2.40. The standard InChI is InChI=1S/C36H43N11O6.CH2O2/c1-8-46-26(14-20(3)40-46)33(51)38-35-42(5)23-12-10-11-13-24(23)44(35)18-28(48)29(49)19-45-31-25(16-22(32(37)50)17-30(31)53-7)43(6)36(45)39-34(52)27-15-21(4)41-47(27)9-2;2-1-3/h10-17,28-29,48-49H,8-9,18-19H2,1-7H3,(H2,37,50);1H,(H,2,3). The van der Waals surface area contributed by atoms with Gasteiger partial charge in [0, 0.05) is 32.7 Å². The van der Waals surface area contributed by atoms with Gasteiger partial charge < -0.3 is 44.1 Å². The molecule has 4 aromatic heterocycles. The lowest BCUT2D eigenvalue weighted by atomic mass is 10.1. The van der Waals surface area contributed by atoms with Crippen molar-refractivity contribution in [2.45, 2.75) is 66.1 Å². The SMILES string of the molecule is CCn1nc(C)cc1C(=O)N=c1n(C)c2ccccc2n1CC(O)C(O)Cn1c(=NC(=O)c2cc(C)nn2CC)n(C)c2cc(C(N)=O)cc(OC)c21.O=CO. The Morgan fingerprint density at radius 3 is 1.75 bits per heavy atom. The molecule has 0 fully saturated rings. The summed E-state index contributed by atoms with van der Waals surface area (Å²) in [5, 5.41) is 39.0. The summed E-state index contributed by atoms with van der Waals surface area (Å²) in [6.07, 6.45) is -2.86. The Bertz CT molecular complexity index is 2600. The number of para-hydroxylation sites is 2. The van der Waals surface area contributed by atoms with E-state index in [9.17, 15) is 24.6 Å². The number of amides is 3. The van der Waals surface area contributed by atoms with Crippen LogP contribution in [0.2, 0.25) is 0 Å². The molecule has 56 heavy (non-hydrogen) atoms. The first-order valence-corrected chi connectivity index (χ1v) is 17.6. The van der Waals surface area contributed by atoms with Gasteiger partial charge in [0.25, 0.3) is 18.3 Å². The van der Waals surface area contributed by atoms with Crippen LogP contribution in [0, 0.1) is 13.8 Å². The minimum Gasteiger partial charge on any atom is -0.494 e. The topological polar surface area (TPSA) is 244 Å². The van der Waals surface area contributed by atoms with Crippen molar-refractivity contribution in [1.82, 2.24) is 37.8 Å². The van der Waals surface area contributed by atoms with Crippen LogP contribution in [0.4, 0.5) is 0 Å². The summed E-state index contributed by atoms with van der Waals surface area (Å²) in [5.74, 6) is -1.54.